The molecule has 3 aliphatic heterocycles. The van der Waals surface area contributed by atoms with Crippen molar-refractivity contribution in [2.45, 2.75) is 96.5 Å². The average Bonchev–Trinajstić information content (AvgIpc) is 3.67. The molecule has 3 aromatic carbocycles. The Kier molecular flexibility index (Phi) is 9.68. The number of rotatable bonds is 16. The number of cyclic esters (lactones) is 1. The van der Waals surface area contributed by atoms with Gasteiger partial charge >= 0.3 is 5.97 Å². The number of benzene rings is 3. The van der Waals surface area contributed by atoms with E-state index in [1.165, 1.54) is 99.6 Å². The van der Waals surface area contributed by atoms with Gasteiger partial charge in [0.05, 0.1) is 43.9 Å². The predicted molar refractivity (Wildman–Crippen MR) is 194 cm³/mol. The first-order valence-corrected chi connectivity index (χ1v) is 18.1. The van der Waals surface area contributed by atoms with Crippen LogP contribution in [0.25, 0.3) is 11.1 Å². The molecule has 0 bridgehead atoms. The van der Waals surface area contributed by atoms with E-state index in [2.05, 4.69) is 101 Å². The molecule has 0 N–H and O–H groups in total. The maximum atomic E-state index is 13.8. The number of carbonyl (C=O) groups excluding carboxylic acids is 1. The first kappa shape index (κ1) is 32.5. The van der Waals surface area contributed by atoms with Crippen molar-refractivity contribution >= 4 is 28.5 Å². The van der Waals surface area contributed by atoms with E-state index >= 15 is 0 Å². The zero-order valence-corrected chi connectivity index (χ0v) is 28.7. The minimum atomic E-state index is -1.02. The molecule has 3 heterocycles. The van der Waals surface area contributed by atoms with Crippen LogP contribution >= 0.6 is 0 Å². The zero-order chi connectivity index (χ0) is 32.2. The first-order chi connectivity index (χ1) is 22.4. The van der Waals surface area contributed by atoms with Crippen LogP contribution in [0.15, 0.2) is 85.2 Å². The smallest absolute Gasteiger partial charge is 0.340 e. The van der Waals surface area contributed by atoms with E-state index in [1.807, 2.05) is 12.1 Å². The third kappa shape index (κ3) is 5.80. The standard InChI is InChI=1S/C42H54N2O2/c1-5-7-9-11-13-21-29-43(3)31-37(33-23-16-19-27-39(33)43)42(36-26-18-15-25-35(36)41(45)46-42)38-32-44(4,30-22-14-12-10-8-6-2)40-28-20-17-24-34(38)40/h15-20,23-28,31-32H,5-14,21-22,29-30H2,1-4H3/q+2. The second-order valence-electron chi connectivity index (χ2n) is 14.3. The summed E-state index contributed by atoms with van der Waals surface area (Å²) in [5.41, 5.74) is 7.79. The van der Waals surface area contributed by atoms with Gasteiger partial charge in [0.25, 0.3) is 0 Å². The number of hydrogen-bond acceptors (Lipinski definition) is 2. The average molecular weight is 619 g/mol. The monoisotopic (exact) mass is 618 g/mol. The molecule has 46 heavy (non-hydrogen) atoms. The van der Waals surface area contributed by atoms with Gasteiger partial charge in [-0.15, -0.1) is 0 Å². The minimum Gasteiger partial charge on any atom is -0.440 e. The first-order valence-electron chi connectivity index (χ1n) is 18.1. The molecule has 6 rings (SSSR count). The lowest BCUT2D eigenvalue weighted by molar-refractivity contribution is 0.0347. The minimum absolute atomic E-state index is 0.235. The Morgan fingerprint density at radius 1 is 0.543 bits per heavy atom. The predicted octanol–water partition coefficient (Wildman–Crippen LogP) is 10.8. The summed E-state index contributed by atoms with van der Waals surface area (Å²) in [6.07, 6.45) is 20.1. The van der Waals surface area contributed by atoms with Gasteiger partial charge in [-0.3, -0.25) is 8.97 Å². The maximum absolute atomic E-state index is 13.8. The highest BCUT2D eigenvalue weighted by Crippen LogP contribution is 2.61. The summed E-state index contributed by atoms with van der Waals surface area (Å²) in [6, 6.07) is 25.7. The van der Waals surface area contributed by atoms with Crippen molar-refractivity contribution in [1.29, 1.82) is 0 Å². The lowest BCUT2D eigenvalue weighted by Gasteiger charge is -2.31. The van der Waals surface area contributed by atoms with Crippen LogP contribution in [0.2, 0.25) is 0 Å². The van der Waals surface area contributed by atoms with E-state index in [-0.39, 0.29) is 5.97 Å². The normalized spacial score (nSPS) is 24.3. The lowest BCUT2D eigenvalue weighted by Crippen LogP contribution is -2.39. The molecule has 0 saturated carbocycles. The molecule has 4 nitrogen and oxygen atoms in total. The van der Waals surface area contributed by atoms with Crippen molar-refractivity contribution in [3.63, 3.8) is 0 Å². The van der Waals surface area contributed by atoms with E-state index in [1.54, 1.807) is 0 Å². The van der Waals surface area contributed by atoms with Crippen LogP contribution < -0.4 is 8.97 Å². The van der Waals surface area contributed by atoms with E-state index in [0.29, 0.717) is 5.56 Å². The summed E-state index contributed by atoms with van der Waals surface area (Å²) in [5, 5.41) is 0. The van der Waals surface area contributed by atoms with Crippen LogP contribution in [0.4, 0.5) is 11.4 Å². The number of carbonyl (C=O) groups is 1. The number of hydrogen-bond donors (Lipinski definition) is 0. The van der Waals surface area contributed by atoms with Gasteiger partial charge in [-0.1, -0.05) is 108 Å². The number of unbranched alkanes of at least 4 members (excludes halogenated alkanes) is 10. The Hall–Kier alpha value is -3.47. The molecule has 2 atom stereocenters. The van der Waals surface area contributed by atoms with Gasteiger partial charge in [0.15, 0.2) is 0 Å². The number of ether oxygens (including phenoxy) is 1. The summed E-state index contributed by atoms with van der Waals surface area (Å²) < 4.78 is 8.28. The van der Waals surface area contributed by atoms with Crippen molar-refractivity contribution in [2.75, 3.05) is 27.2 Å². The quantitative estimate of drug-likeness (QED) is 0.0907. The molecule has 0 aromatic heterocycles. The van der Waals surface area contributed by atoms with Gasteiger partial charge in [-0.05, 0) is 43.9 Å². The fourth-order valence-corrected chi connectivity index (χ4v) is 8.28. The molecule has 0 saturated heterocycles. The summed E-state index contributed by atoms with van der Waals surface area (Å²) in [5.74, 6) is -0.235. The molecule has 2 unspecified atom stereocenters. The van der Waals surface area contributed by atoms with Crippen LogP contribution in [-0.2, 0) is 10.3 Å². The molecule has 0 spiro atoms. The molecule has 3 aromatic rings. The third-order valence-corrected chi connectivity index (χ3v) is 10.8. The van der Waals surface area contributed by atoms with Crippen LogP contribution in [0, 0.1) is 0 Å². The summed E-state index contributed by atoms with van der Waals surface area (Å²) in [6.45, 7) is 6.61. The topological polar surface area (TPSA) is 26.3 Å². The van der Waals surface area contributed by atoms with Gasteiger partial charge in [0.1, 0.15) is 23.8 Å². The van der Waals surface area contributed by atoms with E-state index < -0.39 is 5.60 Å². The van der Waals surface area contributed by atoms with Gasteiger partial charge in [-0.2, -0.15) is 0 Å². The van der Waals surface area contributed by atoms with Crippen molar-refractivity contribution in [2.24, 2.45) is 0 Å². The molecule has 3 aliphatic rings. The van der Waals surface area contributed by atoms with Crippen LogP contribution in [0.3, 0.4) is 0 Å². The van der Waals surface area contributed by atoms with Gasteiger partial charge in [0, 0.05) is 28.8 Å². The fourth-order valence-electron chi connectivity index (χ4n) is 8.28. The van der Waals surface area contributed by atoms with Crippen molar-refractivity contribution < 1.29 is 9.53 Å². The fraction of sp³-hybridized carbons (Fsp3) is 0.452. The van der Waals surface area contributed by atoms with Gasteiger partial charge in [0.2, 0.25) is 5.60 Å². The molecule has 0 radical (unpaired) electrons. The number of fused-ring (bicyclic) bond motifs is 3. The van der Waals surface area contributed by atoms with Crippen molar-refractivity contribution in [3.05, 3.63) is 107 Å². The second-order valence-corrected chi connectivity index (χ2v) is 14.3. The molecule has 0 aliphatic carbocycles. The van der Waals surface area contributed by atoms with Crippen LogP contribution in [0.5, 0.6) is 0 Å². The highest BCUT2D eigenvalue weighted by molar-refractivity contribution is 6.08. The highest BCUT2D eigenvalue weighted by Gasteiger charge is 2.59. The SMILES string of the molecule is CCCCCCCC[N+]1(C)C=C(C2(C3=C[N+](C)(CCCCCCCC)c4ccccc43)OC(=O)c3ccccc32)c2ccccc21. The molecule has 4 heteroatoms. The van der Waals surface area contributed by atoms with Gasteiger partial charge in [-0.25, -0.2) is 4.79 Å². The van der Waals surface area contributed by atoms with Crippen molar-refractivity contribution in [3.8, 4) is 0 Å². The zero-order valence-electron chi connectivity index (χ0n) is 28.7. The van der Waals surface area contributed by atoms with E-state index in [0.717, 1.165) is 38.8 Å². The largest absolute Gasteiger partial charge is 0.440 e. The number of nitrogens with zero attached hydrogens (tertiary/aromatic N) is 2. The molecule has 0 amide bonds. The highest BCUT2D eigenvalue weighted by atomic mass is 16.6. The van der Waals surface area contributed by atoms with Crippen LogP contribution in [0.1, 0.15) is 118 Å². The summed E-state index contributed by atoms with van der Waals surface area (Å²) >= 11 is 0. The molecular formula is C42H54N2O2+2. The Morgan fingerprint density at radius 3 is 1.46 bits per heavy atom. The molecular weight excluding hydrogens is 564 g/mol. The van der Waals surface area contributed by atoms with Gasteiger partial charge < -0.3 is 4.74 Å². The third-order valence-electron chi connectivity index (χ3n) is 10.8. The summed E-state index contributed by atoms with van der Waals surface area (Å²) in [4.78, 5) is 13.8. The Morgan fingerprint density at radius 2 is 0.957 bits per heavy atom. The number of quaternary nitrogens is 2. The lowest BCUT2D eigenvalue weighted by atomic mass is 9.75. The number of esters is 1. The Labute approximate surface area is 277 Å². The second kappa shape index (κ2) is 13.7. The molecule has 242 valence electrons. The van der Waals surface area contributed by atoms with Crippen LogP contribution in [-0.4, -0.2) is 33.2 Å². The molecule has 0 fully saturated rings. The van der Waals surface area contributed by atoms with E-state index in [4.69, 9.17) is 4.74 Å². The Balaban J connectivity index is 1.45. The van der Waals surface area contributed by atoms with E-state index in [9.17, 15) is 4.79 Å². The maximum Gasteiger partial charge on any atom is 0.340 e. The Bertz CT molecular complexity index is 1530. The van der Waals surface area contributed by atoms with Crippen molar-refractivity contribution in [1.82, 2.24) is 8.97 Å². The number of para-hydroxylation sites is 2. The summed E-state index contributed by atoms with van der Waals surface area (Å²) in [7, 11) is 4.67.